The molecule has 1 aromatic heterocycles. The van der Waals surface area contributed by atoms with E-state index < -0.39 is 5.82 Å². The second kappa shape index (κ2) is 10.7. The fraction of sp³-hybridized carbons (Fsp3) is 0.233. The minimum atomic E-state index is -0.479. The molecule has 1 amide bonds. The monoisotopic (exact) mass is 480 g/mol. The van der Waals surface area contributed by atoms with Gasteiger partial charge >= 0.3 is 0 Å². The Hall–Kier alpha value is -4.06. The van der Waals surface area contributed by atoms with Gasteiger partial charge in [-0.2, -0.15) is 0 Å². The number of aryl methyl sites for hydroxylation is 1. The van der Waals surface area contributed by atoms with E-state index in [-0.39, 0.29) is 11.5 Å². The maximum Gasteiger partial charge on any atom is 0.256 e. The van der Waals surface area contributed by atoms with Gasteiger partial charge in [0.05, 0.1) is 5.56 Å². The van der Waals surface area contributed by atoms with Gasteiger partial charge in [-0.05, 0) is 31.0 Å². The van der Waals surface area contributed by atoms with Crippen LogP contribution in [-0.2, 0) is 6.42 Å². The first kappa shape index (κ1) is 23.7. The number of amides is 1. The quantitative estimate of drug-likeness (QED) is 0.377. The molecular weight excluding hydrogens is 451 g/mol. The SMILES string of the molecule is Cc1nc(-c2ccccc2)nc(N2CCCN(C(=O)c3ccccc3F)CC2)c1Cc1ccccc1. The summed E-state index contributed by atoms with van der Waals surface area (Å²) >= 11 is 0. The molecule has 0 saturated carbocycles. The Morgan fingerprint density at radius 1 is 0.833 bits per heavy atom. The van der Waals surface area contributed by atoms with Gasteiger partial charge in [-0.1, -0.05) is 72.8 Å². The highest BCUT2D eigenvalue weighted by Gasteiger charge is 2.25. The lowest BCUT2D eigenvalue weighted by atomic mass is 10.0. The summed E-state index contributed by atoms with van der Waals surface area (Å²) < 4.78 is 14.3. The lowest BCUT2D eigenvalue weighted by molar-refractivity contribution is 0.0762. The molecule has 0 aliphatic carbocycles. The summed E-state index contributed by atoms with van der Waals surface area (Å²) in [5.74, 6) is 0.866. The van der Waals surface area contributed by atoms with E-state index in [1.165, 1.54) is 11.6 Å². The molecule has 6 heteroatoms. The number of aromatic nitrogens is 2. The molecule has 0 spiro atoms. The lowest BCUT2D eigenvalue weighted by Crippen LogP contribution is -2.36. The molecule has 0 unspecified atom stereocenters. The Labute approximate surface area is 211 Å². The number of nitrogens with zero attached hydrogens (tertiary/aromatic N) is 4. The number of anilines is 1. The Kier molecular flexibility index (Phi) is 7.03. The topological polar surface area (TPSA) is 49.3 Å². The van der Waals surface area contributed by atoms with Crippen molar-refractivity contribution in [2.45, 2.75) is 19.8 Å². The molecule has 5 rings (SSSR count). The zero-order chi connectivity index (χ0) is 24.9. The maximum absolute atomic E-state index is 14.3. The minimum absolute atomic E-state index is 0.125. The molecule has 3 aromatic carbocycles. The van der Waals surface area contributed by atoms with Crippen molar-refractivity contribution in [2.24, 2.45) is 0 Å². The van der Waals surface area contributed by atoms with Gasteiger partial charge in [0.15, 0.2) is 5.82 Å². The van der Waals surface area contributed by atoms with Crippen LogP contribution in [0.2, 0.25) is 0 Å². The molecule has 36 heavy (non-hydrogen) atoms. The number of hydrogen-bond acceptors (Lipinski definition) is 4. The Balaban J connectivity index is 1.47. The summed E-state index contributed by atoms with van der Waals surface area (Å²) in [6, 6.07) is 26.5. The second-order valence-corrected chi connectivity index (χ2v) is 9.08. The maximum atomic E-state index is 14.3. The van der Waals surface area contributed by atoms with Crippen LogP contribution in [0.25, 0.3) is 11.4 Å². The minimum Gasteiger partial charge on any atom is -0.354 e. The largest absolute Gasteiger partial charge is 0.354 e. The molecule has 2 heterocycles. The van der Waals surface area contributed by atoms with Crippen LogP contribution < -0.4 is 4.90 Å². The van der Waals surface area contributed by atoms with Crippen molar-refractivity contribution in [3.8, 4) is 11.4 Å². The predicted octanol–water partition coefficient (Wildman–Crippen LogP) is 5.53. The third kappa shape index (κ3) is 5.13. The number of carbonyl (C=O) groups is 1. The summed E-state index contributed by atoms with van der Waals surface area (Å²) in [6.07, 6.45) is 1.50. The lowest BCUT2D eigenvalue weighted by Gasteiger charge is -2.26. The average molecular weight is 481 g/mol. The number of rotatable bonds is 5. The van der Waals surface area contributed by atoms with Gasteiger partial charge in [-0.3, -0.25) is 4.79 Å². The van der Waals surface area contributed by atoms with Gasteiger partial charge in [0.2, 0.25) is 0 Å². The molecule has 1 fully saturated rings. The molecule has 0 atom stereocenters. The molecule has 1 aliphatic heterocycles. The van der Waals surface area contributed by atoms with Crippen LogP contribution in [-0.4, -0.2) is 47.0 Å². The van der Waals surface area contributed by atoms with E-state index in [0.717, 1.165) is 42.0 Å². The summed E-state index contributed by atoms with van der Waals surface area (Å²) in [4.78, 5) is 27.0. The molecule has 182 valence electrons. The molecule has 1 aliphatic rings. The highest BCUT2D eigenvalue weighted by molar-refractivity contribution is 5.94. The van der Waals surface area contributed by atoms with Gasteiger partial charge < -0.3 is 9.80 Å². The van der Waals surface area contributed by atoms with E-state index in [2.05, 4.69) is 17.0 Å². The summed E-state index contributed by atoms with van der Waals surface area (Å²) in [7, 11) is 0. The van der Waals surface area contributed by atoms with E-state index in [1.54, 1.807) is 23.1 Å². The van der Waals surface area contributed by atoms with E-state index in [1.807, 2.05) is 55.5 Å². The number of hydrogen-bond donors (Lipinski definition) is 0. The first-order valence-electron chi connectivity index (χ1n) is 12.4. The molecule has 4 aromatic rings. The van der Waals surface area contributed by atoms with Crippen molar-refractivity contribution in [1.29, 1.82) is 0 Å². The van der Waals surface area contributed by atoms with Crippen LogP contribution in [0.4, 0.5) is 10.2 Å². The zero-order valence-electron chi connectivity index (χ0n) is 20.4. The van der Waals surface area contributed by atoms with E-state index in [4.69, 9.17) is 9.97 Å². The molecule has 5 nitrogen and oxygen atoms in total. The smallest absolute Gasteiger partial charge is 0.256 e. The molecule has 0 N–H and O–H groups in total. The van der Waals surface area contributed by atoms with E-state index >= 15 is 0 Å². The predicted molar refractivity (Wildman–Crippen MR) is 141 cm³/mol. The van der Waals surface area contributed by atoms with Crippen molar-refractivity contribution in [1.82, 2.24) is 14.9 Å². The number of carbonyl (C=O) groups excluding carboxylic acids is 1. The van der Waals surface area contributed by atoms with Crippen LogP contribution in [0.15, 0.2) is 84.9 Å². The molecule has 0 radical (unpaired) electrons. The summed E-state index contributed by atoms with van der Waals surface area (Å²) in [5, 5.41) is 0. The first-order chi connectivity index (χ1) is 17.6. The van der Waals surface area contributed by atoms with Crippen LogP contribution in [0, 0.1) is 12.7 Å². The molecule has 0 bridgehead atoms. The van der Waals surface area contributed by atoms with Crippen LogP contribution >= 0.6 is 0 Å². The van der Waals surface area contributed by atoms with Gasteiger partial charge in [0, 0.05) is 49.4 Å². The fourth-order valence-electron chi connectivity index (χ4n) is 4.70. The third-order valence-corrected chi connectivity index (χ3v) is 6.63. The van der Waals surface area contributed by atoms with Gasteiger partial charge in [0.1, 0.15) is 11.6 Å². The van der Waals surface area contributed by atoms with Gasteiger partial charge in [-0.15, -0.1) is 0 Å². The van der Waals surface area contributed by atoms with Crippen molar-refractivity contribution < 1.29 is 9.18 Å². The van der Waals surface area contributed by atoms with E-state index in [0.29, 0.717) is 25.5 Å². The summed E-state index contributed by atoms with van der Waals surface area (Å²) in [6.45, 7) is 4.50. The normalized spacial score (nSPS) is 13.9. The van der Waals surface area contributed by atoms with Gasteiger partial charge in [-0.25, -0.2) is 14.4 Å². The van der Waals surface area contributed by atoms with Crippen LogP contribution in [0.5, 0.6) is 0 Å². The molecule has 1 saturated heterocycles. The van der Waals surface area contributed by atoms with Crippen LogP contribution in [0.1, 0.15) is 33.6 Å². The molecular formula is C30H29FN4O. The van der Waals surface area contributed by atoms with E-state index in [9.17, 15) is 9.18 Å². The zero-order valence-corrected chi connectivity index (χ0v) is 20.4. The van der Waals surface area contributed by atoms with Crippen LogP contribution in [0.3, 0.4) is 0 Å². The van der Waals surface area contributed by atoms with Crippen molar-refractivity contribution >= 4 is 11.7 Å². The Morgan fingerprint density at radius 2 is 1.53 bits per heavy atom. The fourth-order valence-corrected chi connectivity index (χ4v) is 4.70. The van der Waals surface area contributed by atoms with Crippen molar-refractivity contribution in [3.63, 3.8) is 0 Å². The third-order valence-electron chi connectivity index (χ3n) is 6.63. The Bertz CT molecular complexity index is 1340. The van der Waals surface area contributed by atoms with Crippen molar-refractivity contribution in [2.75, 3.05) is 31.1 Å². The second-order valence-electron chi connectivity index (χ2n) is 9.08. The van der Waals surface area contributed by atoms with Gasteiger partial charge in [0.25, 0.3) is 5.91 Å². The summed E-state index contributed by atoms with van der Waals surface area (Å²) in [5.41, 5.74) is 4.34. The average Bonchev–Trinajstić information content (AvgIpc) is 3.17. The number of halogens is 1. The van der Waals surface area contributed by atoms with Crippen molar-refractivity contribution in [3.05, 3.63) is 113 Å². The first-order valence-corrected chi connectivity index (χ1v) is 12.4. The Morgan fingerprint density at radius 3 is 2.28 bits per heavy atom. The standard InChI is InChI=1S/C30H29FN4O/c1-22-26(21-23-11-4-2-5-12-23)29(33-28(32-22)24-13-6-3-7-14-24)34-17-10-18-35(20-19-34)30(36)25-15-8-9-16-27(25)31/h2-9,11-16H,10,17-21H2,1H3. The number of benzene rings is 3. The highest BCUT2D eigenvalue weighted by atomic mass is 19.1. The highest BCUT2D eigenvalue weighted by Crippen LogP contribution is 2.28.